The number of aromatic hydroxyl groups is 1. The van der Waals surface area contributed by atoms with Gasteiger partial charge in [-0.25, -0.2) is 0 Å². The second-order valence-corrected chi connectivity index (χ2v) is 23.5. The smallest absolute Gasteiger partial charge is 0.159 e. The molecule has 0 radical (unpaired) electrons. The van der Waals surface area contributed by atoms with Crippen LogP contribution in [0.15, 0.2) is 53.6 Å². The first-order valence-electron chi connectivity index (χ1n) is 25.2. The van der Waals surface area contributed by atoms with Crippen LogP contribution in [0.5, 0.6) is 5.75 Å². The van der Waals surface area contributed by atoms with Gasteiger partial charge in [0.25, 0.3) is 0 Å². The molecule has 0 bridgehead atoms. The highest BCUT2D eigenvalue weighted by Crippen LogP contribution is 2.77. The number of nitrogen functional groups attached to an aromatic ring is 1. The van der Waals surface area contributed by atoms with Crippen LogP contribution < -0.4 is 16.4 Å². The second kappa shape index (κ2) is 16.6. The summed E-state index contributed by atoms with van der Waals surface area (Å²) in [6.07, 6.45) is 10.8. The minimum Gasteiger partial charge on any atom is -0.508 e. The van der Waals surface area contributed by atoms with E-state index in [1.54, 1.807) is 6.07 Å². The quantitative estimate of drug-likeness (QED) is 0.0853. The summed E-state index contributed by atoms with van der Waals surface area (Å²) in [4.78, 5) is 30.1. The number of hydrogen-bond donors (Lipinski definition) is 6. The van der Waals surface area contributed by atoms with Crippen LogP contribution in [0.2, 0.25) is 0 Å². The second-order valence-electron chi connectivity index (χ2n) is 23.5. The van der Waals surface area contributed by atoms with Gasteiger partial charge in [-0.2, -0.15) is 0 Å². The van der Waals surface area contributed by atoms with E-state index in [2.05, 4.69) is 70.4 Å². The molecule has 0 amide bonds. The molecule has 1 heterocycles. The molecule has 2 aromatic rings. The number of epoxide rings is 1. The molecular formula is C55H79N3O6. The summed E-state index contributed by atoms with van der Waals surface area (Å²) in [6, 6.07) is 14.0. The lowest BCUT2D eigenvalue weighted by Crippen LogP contribution is -2.72. The summed E-state index contributed by atoms with van der Waals surface area (Å²) in [6.45, 7) is 16.5. The van der Waals surface area contributed by atoms with E-state index in [1.807, 2.05) is 32.2 Å². The molecule has 350 valence electrons. The van der Waals surface area contributed by atoms with E-state index in [9.17, 15) is 20.1 Å². The fourth-order valence-corrected chi connectivity index (χ4v) is 17.0. The highest BCUT2D eigenvalue weighted by Gasteiger charge is 2.74. The number of hydrogen-bond acceptors (Lipinski definition) is 9. The normalized spacial score (nSPS) is 39.6. The van der Waals surface area contributed by atoms with Crippen molar-refractivity contribution < 1.29 is 29.6 Å². The number of benzene rings is 2. The fourth-order valence-electron chi connectivity index (χ4n) is 17.0. The number of carbonyl (C=O) groups excluding carboxylic acids is 2. The van der Waals surface area contributed by atoms with Crippen molar-refractivity contribution >= 4 is 17.3 Å². The average Bonchev–Trinajstić information content (AvgIpc) is 3.66. The largest absolute Gasteiger partial charge is 0.508 e. The maximum atomic E-state index is 15.3. The van der Waals surface area contributed by atoms with Gasteiger partial charge in [0.05, 0.1) is 17.8 Å². The van der Waals surface area contributed by atoms with Crippen LogP contribution in [-0.4, -0.2) is 70.4 Å². The van der Waals surface area contributed by atoms with Gasteiger partial charge in [0, 0.05) is 48.0 Å². The number of ketones is 2. The molecular weight excluding hydrogens is 799 g/mol. The lowest BCUT2D eigenvalue weighted by molar-refractivity contribution is -0.217. The molecule has 9 rings (SSSR count). The number of rotatable bonds is 13. The number of ether oxygens (including phenoxy) is 1. The van der Waals surface area contributed by atoms with Gasteiger partial charge in [0.1, 0.15) is 17.6 Å². The number of aliphatic hydroxyl groups is 2. The SMILES string of the molecule is CNCc1cc(O)cc(C2CC3(C4CCCC4)C(C(NCC(C)O)CC4(C)C3CCC3=C(C(C)CC(O)C5OC5(C)C5CCCC5c5cccc(N)c5)C(=O)CC34C)C(C)(C)C2=O)c1. The van der Waals surface area contributed by atoms with Gasteiger partial charge in [-0.15, -0.1) is 0 Å². The van der Waals surface area contributed by atoms with Crippen molar-refractivity contribution in [2.75, 3.05) is 19.3 Å². The molecule has 1 aliphatic heterocycles. The molecule has 6 aliphatic carbocycles. The molecule has 5 saturated carbocycles. The van der Waals surface area contributed by atoms with E-state index < -0.39 is 28.6 Å². The Balaban J connectivity index is 1.07. The number of fused-ring (bicyclic) bond motifs is 5. The third kappa shape index (κ3) is 7.18. The first kappa shape index (κ1) is 46.0. The topological polar surface area (TPSA) is 157 Å². The Morgan fingerprint density at radius 3 is 2.36 bits per heavy atom. The molecule has 6 fully saturated rings. The summed E-state index contributed by atoms with van der Waals surface area (Å²) in [5.74, 6) is 1.60. The summed E-state index contributed by atoms with van der Waals surface area (Å²) >= 11 is 0. The van der Waals surface area contributed by atoms with Gasteiger partial charge in [0.15, 0.2) is 5.78 Å². The van der Waals surface area contributed by atoms with Crippen molar-refractivity contribution in [3.63, 3.8) is 0 Å². The molecule has 1 saturated heterocycles. The maximum Gasteiger partial charge on any atom is 0.159 e. The van der Waals surface area contributed by atoms with Gasteiger partial charge < -0.3 is 36.4 Å². The summed E-state index contributed by atoms with van der Waals surface area (Å²) in [7, 11) is 1.91. The molecule has 2 aromatic carbocycles. The van der Waals surface area contributed by atoms with Crippen molar-refractivity contribution in [3.05, 3.63) is 70.3 Å². The molecule has 0 spiro atoms. The molecule has 9 nitrogen and oxygen atoms in total. The molecule has 9 heteroatoms. The Bertz CT molecular complexity index is 2160. The first-order chi connectivity index (χ1) is 30.3. The van der Waals surface area contributed by atoms with Gasteiger partial charge in [-0.05, 0) is 172 Å². The maximum absolute atomic E-state index is 15.3. The molecule has 7 aliphatic rings. The van der Waals surface area contributed by atoms with Crippen molar-refractivity contribution in [2.45, 2.75) is 180 Å². The van der Waals surface area contributed by atoms with E-state index in [-0.39, 0.29) is 64.0 Å². The lowest BCUT2D eigenvalue weighted by atomic mass is 9.32. The molecule has 64 heavy (non-hydrogen) atoms. The van der Waals surface area contributed by atoms with Gasteiger partial charge in [-0.3, -0.25) is 9.59 Å². The zero-order chi connectivity index (χ0) is 45.7. The minimum atomic E-state index is -0.679. The summed E-state index contributed by atoms with van der Waals surface area (Å²) < 4.78 is 6.54. The van der Waals surface area contributed by atoms with Crippen LogP contribution in [0, 0.1) is 51.2 Å². The zero-order valence-electron chi connectivity index (χ0n) is 40.1. The van der Waals surface area contributed by atoms with Crippen LogP contribution in [0.4, 0.5) is 5.69 Å². The Morgan fingerprint density at radius 2 is 1.66 bits per heavy atom. The number of phenolic OH excluding ortho intramolecular Hbond substituents is 1. The van der Waals surface area contributed by atoms with E-state index in [1.165, 1.54) is 24.0 Å². The number of nitrogens with two attached hydrogens (primary N) is 1. The van der Waals surface area contributed by atoms with E-state index in [0.29, 0.717) is 43.7 Å². The number of nitrogens with one attached hydrogen (secondary N) is 2. The third-order valence-corrected chi connectivity index (χ3v) is 19.6. The summed E-state index contributed by atoms with van der Waals surface area (Å²) in [5.41, 5.74) is 10.4. The van der Waals surface area contributed by atoms with Crippen molar-refractivity contribution in [2.24, 2.45) is 51.2 Å². The zero-order valence-corrected chi connectivity index (χ0v) is 40.1. The number of Topliss-reactive ketones (excluding diaryl/α,β-unsaturated/α-hetero) is 2. The molecule has 14 unspecified atom stereocenters. The van der Waals surface area contributed by atoms with Crippen LogP contribution in [-0.2, 0) is 20.9 Å². The molecule has 7 N–H and O–H groups in total. The van der Waals surface area contributed by atoms with E-state index in [0.717, 1.165) is 80.2 Å². The Labute approximate surface area is 383 Å². The van der Waals surface area contributed by atoms with Gasteiger partial charge in [0.2, 0.25) is 0 Å². The predicted molar refractivity (Wildman–Crippen MR) is 253 cm³/mol. The predicted octanol–water partition coefficient (Wildman–Crippen LogP) is 9.13. The van der Waals surface area contributed by atoms with Crippen molar-refractivity contribution in [3.8, 4) is 5.75 Å². The van der Waals surface area contributed by atoms with Crippen LogP contribution in [0.25, 0.3) is 0 Å². The van der Waals surface area contributed by atoms with Crippen LogP contribution in [0.1, 0.15) is 160 Å². The van der Waals surface area contributed by atoms with Crippen LogP contribution >= 0.6 is 0 Å². The molecule has 14 atom stereocenters. The minimum absolute atomic E-state index is 0.0358. The van der Waals surface area contributed by atoms with Crippen molar-refractivity contribution in [1.29, 1.82) is 0 Å². The lowest BCUT2D eigenvalue weighted by Gasteiger charge is -2.72. The highest BCUT2D eigenvalue weighted by molar-refractivity contribution is 6.00. The van der Waals surface area contributed by atoms with Crippen molar-refractivity contribution in [1.82, 2.24) is 10.6 Å². The number of phenols is 1. The Morgan fingerprint density at radius 1 is 0.906 bits per heavy atom. The first-order valence-corrected chi connectivity index (χ1v) is 25.2. The standard InChI is InChI=1S/C55H79N3O6/c1-31(21-44(61)50-54(7,64-50)41-18-12-17-39(41)34-13-11-16-37(56)24-34)47-42-19-20-46-53(6,52(42,5)28-45(47)62)27-43(58-29-32(2)59)48-51(3,4)49(63)40(26-55(46,48)36-14-9-10-15-36)35-22-33(30-57-8)23-38(60)25-35/h11,13,16,22-25,31-32,36,39-41,43-44,46,48,50,57-61H,9-10,12,14-15,17-21,26-30,56H2,1-8H3. The number of carbonyl (C=O) groups is 2. The fraction of sp³-hybridized carbons (Fsp3) is 0.709. The average molecular weight is 878 g/mol. The van der Waals surface area contributed by atoms with E-state index >= 15 is 4.79 Å². The third-order valence-electron chi connectivity index (χ3n) is 19.6. The summed E-state index contributed by atoms with van der Waals surface area (Å²) in [5, 5.41) is 41.1. The number of anilines is 1. The molecule has 0 aromatic heterocycles. The van der Waals surface area contributed by atoms with Gasteiger partial charge >= 0.3 is 0 Å². The highest BCUT2D eigenvalue weighted by atomic mass is 16.6. The van der Waals surface area contributed by atoms with E-state index in [4.69, 9.17) is 10.5 Å². The number of allylic oxidation sites excluding steroid dienone is 2. The van der Waals surface area contributed by atoms with Gasteiger partial charge in [-0.1, -0.05) is 77.7 Å². The Kier molecular flexibility index (Phi) is 11.9. The monoisotopic (exact) mass is 878 g/mol. The van der Waals surface area contributed by atoms with Crippen LogP contribution in [0.3, 0.4) is 0 Å². The number of aliphatic hydroxyl groups excluding tert-OH is 2. The Hall–Kier alpha value is -3.08.